The number of allylic oxidation sites excluding steroid dienone is 14. The molecule has 0 aromatic carbocycles. The summed E-state index contributed by atoms with van der Waals surface area (Å²) >= 11 is 0. The van der Waals surface area contributed by atoms with E-state index in [0.717, 1.165) is 103 Å². The zero-order valence-corrected chi connectivity index (χ0v) is 38.2. The van der Waals surface area contributed by atoms with E-state index in [1.165, 1.54) is 64.2 Å². The minimum absolute atomic E-state index is 0.0997. The lowest BCUT2D eigenvalue weighted by molar-refractivity contribution is -0.167. The molecule has 336 valence electrons. The average molecular weight is 821 g/mol. The Kier molecular flexibility index (Phi) is 44.5. The molecular formula is C53H88O6. The molecule has 1 atom stereocenters. The van der Waals surface area contributed by atoms with Gasteiger partial charge in [-0.1, -0.05) is 189 Å². The first-order chi connectivity index (χ1) is 29.0. The van der Waals surface area contributed by atoms with Gasteiger partial charge in [-0.15, -0.1) is 0 Å². The highest BCUT2D eigenvalue weighted by molar-refractivity contribution is 5.71. The molecule has 0 rings (SSSR count). The number of hydrogen-bond acceptors (Lipinski definition) is 6. The molecule has 0 heterocycles. The van der Waals surface area contributed by atoms with Crippen molar-refractivity contribution < 1.29 is 28.6 Å². The fraction of sp³-hybridized carbons (Fsp3) is 0.679. The Morgan fingerprint density at radius 1 is 0.356 bits per heavy atom. The molecule has 0 spiro atoms. The van der Waals surface area contributed by atoms with Crippen LogP contribution in [-0.2, 0) is 28.6 Å². The summed E-state index contributed by atoms with van der Waals surface area (Å²) < 4.78 is 16.7. The van der Waals surface area contributed by atoms with Gasteiger partial charge in [0, 0.05) is 19.3 Å². The van der Waals surface area contributed by atoms with Gasteiger partial charge in [0.05, 0.1) is 0 Å². The molecule has 0 fully saturated rings. The first-order valence-electron chi connectivity index (χ1n) is 24.1. The largest absolute Gasteiger partial charge is 0.462 e. The van der Waals surface area contributed by atoms with E-state index in [-0.39, 0.29) is 37.5 Å². The van der Waals surface area contributed by atoms with Crippen molar-refractivity contribution in [2.75, 3.05) is 13.2 Å². The summed E-state index contributed by atoms with van der Waals surface area (Å²) in [6.45, 7) is 6.40. The molecule has 0 aliphatic rings. The number of carbonyl (C=O) groups excluding carboxylic acids is 3. The Morgan fingerprint density at radius 2 is 0.678 bits per heavy atom. The van der Waals surface area contributed by atoms with Gasteiger partial charge >= 0.3 is 17.9 Å². The van der Waals surface area contributed by atoms with Crippen LogP contribution >= 0.6 is 0 Å². The molecule has 59 heavy (non-hydrogen) atoms. The SMILES string of the molecule is CC/C=C\C/C=C\C/C=C\C/C=C\C/C=C\CCCC(=O)OC[C@@H](COC(=O)CCCCCCCCCCC)OC(=O)CCCCCCC/C=C\C/C=C\CCCCC. The van der Waals surface area contributed by atoms with Crippen LogP contribution in [0.5, 0.6) is 0 Å². The average Bonchev–Trinajstić information content (AvgIpc) is 3.23. The van der Waals surface area contributed by atoms with Gasteiger partial charge in [-0.3, -0.25) is 14.4 Å². The van der Waals surface area contributed by atoms with E-state index in [4.69, 9.17) is 14.2 Å². The first kappa shape index (κ1) is 55.6. The molecular weight excluding hydrogens is 733 g/mol. The van der Waals surface area contributed by atoms with Gasteiger partial charge < -0.3 is 14.2 Å². The van der Waals surface area contributed by atoms with Crippen LogP contribution in [0, 0.1) is 0 Å². The molecule has 0 bridgehead atoms. The minimum Gasteiger partial charge on any atom is -0.462 e. The second-order valence-electron chi connectivity index (χ2n) is 15.6. The molecule has 0 aliphatic heterocycles. The maximum atomic E-state index is 12.7. The standard InChI is InChI=1S/C53H88O6/c1-4-7-10-13-16-19-21-23-25-26-28-29-31-34-37-40-43-46-52(55)58-49-50(48-57-51(54)45-42-39-36-33-18-15-12-9-6-3)59-53(56)47-44-41-38-35-32-30-27-24-22-20-17-14-11-8-5-2/h7,10,16-17,19-20,23-25,27-29,34,37,50H,4-6,8-9,11-15,18,21-22,26,30-33,35-36,38-49H2,1-3H3/b10-7-,19-16-,20-17-,25-23-,27-24-,29-28-,37-34-/t50-/m1/s1. The molecule has 0 amide bonds. The normalized spacial score (nSPS) is 12.8. The third-order valence-electron chi connectivity index (χ3n) is 9.88. The van der Waals surface area contributed by atoms with Crippen LogP contribution in [0.15, 0.2) is 85.1 Å². The molecule has 0 radical (unpaired) electrons. The van der Waals surface area contributed by atoms with Crippen molar-refractivity contribution in [2.45, 2.75) is 219 Å². The summed E-state index contributed by atoms with van der Waals surface area (Å²) in [5.74, 6) is -0.982. The van der Waals surface area contributed by atoms with Gasteiger partial charge in [-0.05, 0) is 89.9 Å². The zero-order chi connectivity index (χ0) is 43.0. The van der Waals surface area contributed by atoms with Crippen molar-refractivity contribution in [3.8, 4) is 0 Å². The predicted molar refractivity (Wildman–Crippen MR) is 251 cm³/mol. The van der Waals surface area contributed by atoms with Gasteiger partial charge in [0.15, 0.2) is 6.10 Å². The van der Waals surface area contributed by atoms with E-state index in [1.807, 2.05) is 0 Å². The highest BCUT2D eigenvalue weighted by atomic mass is 16.6. The summed E-state index contributed by atoms with van der Waals surface area (Å²) in [7, 11) is 0. The monoisotopic (exact) mass is 821 g/mol. The third kappa shape index (κ3) is 45.5. The first-order valence-corrected chi connectivity index (χ1v) is 24.1. The molecule has 0 aromatic heterocycles. The molecule has 0 saturated heterocycles. The van der Waals surface area contributed by atoms with E-state index in [9.17, 15) is 14.4 Å². The van der Waals surface area contributed by atoms with Crippen molar-refractivity contribution in [3.63, 3.8) is 0 Å². The summed E-state index contributed by atoms with van der Waals surface area (Å²) in [6.07, 6.45) is 60.0. The van der Waals surface area contributed by atoms with Gasteiger partial charge in [0.1, 0.15) is 13.2 Å². The Bertz CT molecular complexity index is 1170. The van der Waals surface area contributed by atoms with Crippen LogP contribution in [0.1, 0.15) is 213 Å². The maximum Gasteiger partial charge on any atom is 0.306 e. The smallest absolute Gasteiger partial charge is 0.306 e. The van der Waals surface area contributed by atoms with Crippen molar-refractivity contribution in [1.29, 1.82) is 0 Å². The van der Waals surface area contributed by atoms with Crippen LogP contribution in [0.4, 0.5) is 0 Å². The predicted octanol–water partition coefficient (Wildman–Crippen LogP) is 15.6. The Morgan fingerprint density at radius 3 is 1.14 bits per heavy atom. The van der Waals surface area contributed by atoms with Crippen molar-refractivity contribution in [3.05, 3.63) is 85.1 Å². The lowest BCUT2D eigenvalue weighted by atomic mass is 10.1. The highest BCUT2D eigenvalue weighted by Gasteiger charge is 2.19. The van der Waals surface area contributed by atoms with Crippen molar-refractivity contribution in [1.82, 2.24) is 0 Å². The van der Waals surface area contributed by atoms with Crippen LogP contribution in [-0.4, -0.2) is 37.2 Å². The van der Waals surface area contributed by atoms with E-state index < -0.39 is 6.10 Å². The number of esters is 3. The van der Waals surface area contributed by atoms with E-state index in [1.54, 1.807) is 0 Å². The fourth-order valence-corrected chi connectivity index (χ4v) is 6.27. The lowest BCUT2D eigenvalue weighted by Crippen LogP contribution is -2.30. The third-order valence-corrected chi connectivity index (χ3v) is 9.88. The summed E-state index contributed by atoms with van der Waals surface area (Å²) in [5, 5.41) is 0. The van der Waals surface area contributed by atoms with E-state index in [0.29, 0.717) is 19.3 Å². The molecule has 0 unspecified atom stereocenters. The number of carbonyl (C=O) groups is 3. The summed E-state index contributed by atoms with van der Waals surface area (Å²) in [4.78, 5) is 37.8. The van der Waals surface area contributed by atoms with E-state index >= 15 is 0 Å². The van der Waals surface area contributed by atoms with Crippen LogP contribution in [0.25, 0.3) is 0 Å². The highest BCUT2D eigenvalue weighted by Crippen LogP contribution is 2.13. The Hall–Kier alpha value is -3.41. The second-order valence-corrected chi connectivity index (χ2v) is 15.6. The molecule has 6 heteroatoms. The zero-order valence-electron chi connectivity index (χ0n) is 38.2. The van der Waals surface area contributed by atoms with Gasteiger partial charge in [-0.2, -0.15) is 0 Å². The minimum atomic E-state index is -0.803. The number of unbranched alkanes of at least 4 members (excludes halogenated alkanes) is 17. The number of rotatable bonds is 42. The second kappa shape index (κ2) is 47.3. The van der Waals surface area contributed by atoms with Crippen LogP contribution < -0.4 is 0 Å². The number of ether oxygens (including phenoxy) is 3. The lowest BCUT2D eigenvalue weighted by Gasteiger charge is -2.18. The summed E-state index contributed by atoms with van der Waals surface area (Å²) in [6, 6.07) is 0. The van der Waals surface area contributed by atoms with Crippen molar-refractivity contribution in [2.24, 2.45) is 0 Å². The topological polar surface area (TPSA) is 78.9 Å². The van der Waals surface area contributed by atoms with Crippen LogP contribution in [0.3, 0.4) is 0 Å². The van der Waals surface area contributed by atoms with Crippen LogP contribution in [0.2, 0.25) is 0 Å². The molecule has 0 N–H and O–H groups in total. The van der Waals surface area contributed by atoms with Gasteiger partial charge in [0.2, 0.25) is 0 Å². The molecule has 0 saturated carbocycles. The van der Waals surface area contributed by atoms with Gasteiger partial charge in [0.25, 0.3) is 0 Å². The molecule has 0 aliphatic carbocycles. The van der Waals surface area contributed by atoms with Crippen molar-refractivity contribution >= 4 is 17.9 Å². The Balaban J connectivity index is 4.48. The fourth-order valence-electron chi connectivity index (χ4n) is 6.27. The summed E-state index contributed by atoms with van der Waals surface area (Å²) in [5.41, 5.74) is 0. The van der Waals surface area contributed by atoms with Gasteiger partial charge in [-0.25, -0.2) is 0 Å². The number of hydrogen-bond donors (Lipinski definition) is 0. The molecule has 0 aromatic rings. The Labute approximate surface area is 363 Å². The van der Waals surface area contributed by atoms with E-state index in [2.05, 4.69) is 106 Å². The molecule has 6 nitrogen and oxygen atoms in total. The quantitative estimate of drug-likeness (QED) is 0.0264. The maximum absolute atomic E-state index is 12.7.